The highest BCUT2D eigenvalue weighted by molar-refractivity contribution is 5.20. The molecule has 0 unspecified atom stereocenters. The average molecular weight is 224 g/mol. The third-order valence-corrected chi connectivity index (χ3v) is 3.96. The Morgan fingerprint density at radius 3 is 2.27 bits per heavy atom. The molecule has 15 heavy (non-hydrogen) atoms. The molecule has 2 aliphatic rings. The standard InChI is InChI=1S/C13H18N.ClH/c1-3-7-12(8-4-1)13-11-14(13)9-5-2-6-10-14;/h1,3-4,7-8,13H,2,5-6,9-11H2;1H/q+1;/p-1/t13-;/m1./s1. The van der Waals surface area contributed by atoms with Crippen molar-refractivity contribution in [2.45, 2.75) is 25.3 Å². The number of hydrogen-bond acceptors (Lipinski definition) is 0. The lowest BCUT2D eigenvalue weighted by Crippen LogP contribution is -3.00. The van der Waals surface area contributed by atoms with E-state index in [4.69, 9.17) is 0 Å². The first kappa shape index (κ1) is 11.0. The predicted molar refractivity (Wildman–Crippen MR) is 57.9 cm³/mol. The monoisotopic (exact) mass is 223 g/mol. The molecular weight excluding hydrogens is 206 g/mol. The number of hydrogen-bond donors (Lipinski definition) is 0. The van der Waals surface area contributed by atoms with E-state index < -0.39 is 0 Å². The third-order valence-electron chi connectivity index (χ3n) is 3.96. The number of nitrogens with zero attached hydrogens (tertiary/aromatic N) is 1. The second-order valence-electron chi connectivity index (χ2n) is 4.84. The normalized spacial score (nSPS) is 27.1. The van der Waals surface area contributed by atoms with Crippen molar-refractivity contribution < 1.29 is 16.9 Å². The van der Waals surface area contributed by atoms with Gasteiger partial charge < -0.3 is 16.9 Å². The highest BCUT2D eigenvalue weighted by atomic mass is 35.5. The molecule has 1 spiro atoms. The molecule has 2 heteroatoms. The molecule has 0 bridgehead atoms. The molecule has 2 aliphatic heterocycles. The minimum Gasteiger partial charge on any atom is -1.00 e. The van der Waals surface area contributed by atoms with Crippen LogP contribution in [0.25, 0.3) is 0 Å². The maximum absolute atomic E-state index is 2.30. The quantitative estimate of drug-likeness (QED) is 0.455. The van der Waals surface area contributed by atoms with Crippen LogP contribution >= 0.6 is 0 Å². The zero-order valence-electron chi connectivity index (χ0n) is 9.03. The number of quaternary nitrogens is 1. The second-order valence-corrected chi connectivity index (χ2v) is 4.84. The van der Waals surface area contributed by atoms with Gasteiger partial charge in [-0.1, -0.05) is 30.3 Å². The number of rotatable bonds is 1. The van der Waals surface area contributed by atoms with Gasteiger partial charge in [-0.3, -0.25) is 0 Å². The molecule has 0 radical (unpaired) electrons. The fourth-order valence-electron chi connectivity index (χ4n) is 3.03. The zero-order chi connectivity index (χ0) is 9.43. The van der Waals surface area contributed by atoms with E-state index in [0.717, 1.165) is 6.04 Å². The van der Waals surface area contributed by atoms with Gasteiger partial charge in [-0.15, -0.1) is 0 Å². The van der Waals surface area contributed by atoms with Gasteiger partial charge in [0.25, 0.3) is 0 Å². The number of halogens is 1. The highest BCUT2D eigenvalue weighted by Crippen LogP contribution is 2.46. The molecule has 1 aromatic carbocycles. The van der Waals surface area contributed by atoms with E-state index in [1.54, 1.807) is 5.56 Å². The van der Waals surface area contributed by atoms with Crippen LogP contribution in [0, 0.1) is 0 Å². The largest absolute Gasteiger partial charge is 1.00 e. The van der Waals surface area contributed by atoms with Gasteiger partial charge >= 0.3 is 0 Å². The van der Waals surface area contributed by atoms with Gasteiger partial charge in [-0.05, 0) is 19.3 Å². The van der Waals surface area contributed by atoms with Crippen LogP contribution in [0.1, 0.15) is 30.9 Å². The highest BCUT2D eigenvalue weighted by Gasteiger charge is 2.55. The molecule has 0 aliphatic carbocycles. The van der Waals surface area contributed by atoms with Gasteiger partial charge in [-0.25, -0.2) is 0 Å². The van der Waals surface area contributed by atoms with Crippen LogP contribution < -0.4 is 12.4 Å². The summed E-state index contributed by atoms with van der Waals surface area (Å²) in [5.41, 5.74) is 1.56. The minimum atomic E-state index is 0. The molecular formula is C13H18ClN. The van der Waals surface area contributed by atoms with Crippen LogP contribution in [0.5, 0.6) is 0 Å². The summed E-state index contributed by atoms with van der Waals surface area (Å²) in [5.74, 6) is 0. The Morgan fingerprint density at radius 2 is 1.60 bits per heavy atom. The molecule has 1 atom stereocenters. The molecule has 3 rings (SSSR count). The Morgan fingerprint density at radius 1 is 0.933 bits per heavy atom. The summed E-state index contributed by atoms with van der Waals surface area (Å²) in [6.45, 7) is 4.27. The zero-order valence-corrected chi connectivity index (χ0v) is 9.79. The van der Waals surface area contributed by atoms with Gasteiger partial charge in [-0.2, -0.15) is 0 Å². The molecule has 0 amide bonds. The van der Waals surface area contributed by atoms with E-state index >= 15 is 0 Å². The molecule has 2 saturated heterocycles. The van der Waals surface area contributed by atoms with Crippen molar-refractivity contribution >= 4 is 0 Å². The van der Waals surface area contributed by atoms with E-state index in [1.165, 1.54) is 43.4 Å². The van der Waals surface area contributed by atoms with Gasteiger partial charge in [0.2, 0.25) is 0 Å². The molecule has 2 fully saturated rings. The summed E-state index contributed by atoms with van der Waals surface area (Å²) < 4.78 is 1.41. The van der Waals surface area contributed by atoms with Crippen molar-refractivity contribution in [3.05, 3.63) is 35.9 Å². The number of piperidine rings is 1. The minimum absolute atomic E-state index is 0. The first-order chi connectivity index (χ1) is 6.91. The smallest absolute Gasteiger partial charge is 0.164 e. The van der Waals surface area contributed by atoms with Crippen molar-refractivity contribution in [3.8, 4) is 0 Å². The van der Waals surface area contributed by atoms with E-state index in [-0.39, 0.29) is 12.4 Å². The SMILES string of the molecule is [Cl-].c1ccc([C@H]2C[N+]23CCCCC3)cc1. The topological polar surface area (TPSA) is 0 Å². The van der Waals surface area contributed by atoms with Crippen LogP contribution in [-0.4, -0.2) is 24.1 Å². The molecule has 1 nitrogen and oxygen atoms in total. The van der Waals surface area contributed by atoms with E-state index in [1.807, 2.05) is 0 Å². The maximum Gasteiger partial charge on any atom is 0.164 e. The predicted octanol–water partition coefficient (Wildman–Crippen LogP) is -0.254. The lowest BCUT2D eigenvalue weighted by Gasteiger charge is -2.25. The Hall–Kier alpha value is -0.530. The molecule has 0 saturated carbocycles. The average Bonchev–Trinajstić information content (AvgIpc) is 2.95. The summed E-state index contributed by atoms with van der Waals surface area (Å²) in [4.78, 5) is 0. The molecule has 0 N–H and O–H groups in total. The summed E-state index contributed by atoms with van der Waals surface area (Å²) in [7, 11) is 0. The first-order valence-electron chi connectivity index (χ1n) is 5.81. The van der Waals surface area contributed by atoms with Gasteiger partial charge in [0.1, 0.15) is 6.54 Å². The van der Waals surface area contributed by atoms with Crippen LogP contribution in [-0.2, 0) is 0 Å². The van der Waals surface area contributed by atoms with Gasteiger partial charge in [0.15, 0.2) is 6.04 Å². The van der Waals surface area contributed by atoms with E-state index in [9.17, 15) is 0 Å². The van der Waals surface area contributed by atoms with Crippen LogP contribution in [0.3, 0.4) is 0 Å². The fourth-order valence-corrected chi connectivity index (χ4v) is 3.03. The van der Waals surface area contributed by atoms with Crippen LogP contribution in [0.4, 0.5) is 0 Å². The Kier molecular flexibility index (Phi) is 3.03. The molecule has 2 heterocycles. The molecule has 1 aromatic rings. The summed E-state index contributed by atoms with van der Waals surface area (Å²) in [5, 5.41) is 0. The van der Waals surface area contributed by atoms with Crippen LogP contribution in [0.2, 0.25) is 0 Å². The van der Waals surface area contributed by atoms with Gasteiger partial charge in [0.05, 0.1) is 13.1 Å². The summed E-state index contributed by atoms with van der Waals surface area (Å²) in [6, 6.07) is 11.9. The van der Waals surface area contributed by atoms with Crippen molar-refractivity contribution in [2.75, 3.05) is 19.6 Å². The third kappa shape index (κ3) is 1.91. The fraction of sp³-hybridized carbons (Fsp3) is 0.538. The van der Waals surface area contributed by atoms with Crippen molar-refractivity contribution in [3.63, 3.8) is 0 Å². The Balaban J connectivity index is 0.000000853. The summed E-state index contributed by atoms with van der Waals surface area (Å²) in [6.07, 6.45) is 4.36. The van der Waals surface area contributed by atoms with Crippen molar-refractivity contribution in [1.29, 1.82) is 0 Å². The number of benzene rings is 1. The van der Waals surface area contributed by atoms with Crippen LogP contribution in [0.15, 0.2) is 30.3 Å². The Labute approximate surface area is 98.1 Å². The Bertz CT molecular complexity index is 317. The lowest BCUT2D eigenvalue weighted by atomic mass is 10.1. The van der Waals surface area contributed by atoms with Gasteiger partial charge in [0, 0.05) is 5.56 Å². The summed E-state index contributed by atoms with van der Waals surface area (Å²) >= 11 is 0. The van der Waals surface area contributed by atoms with Crippen molar-refractivity contribution in [2.24, 2.45) is 0 Å². The van der Waals surface area contributed by atoms with Crippen molar-refractivity contribution in [1.82, 2.24) is 0 Å². The lowest BCUT2D eigenvalue weighted by molar-refractivity contribution is -0.822. The molecule has 0 aromatic heterocycles. The van der Waals surface area contributed by atoms with E-state index in [2.05, 4.69) is 30.3 Å². The first-order valence-corrected chi connectivity index (χ1v) is 5.81. The van der Waals surface area contributed by atoms with E-state index in [0.29, 0.717) is 0 Å². The second kappa shape index (κ2) is 4.15. The molecule has 82 valence electrons. The maximum atomic E-state index is 2.30.